The molecule has 15 heavy (non-hydrogen) atoms. The zero-order valence-electron chi connectivity index (χ0n) is 9.36. The third kappa shape index (κ3) is 3.18. The molecule has 0 saturated carbocycles. The van der Waals surface area contributed by atoms with Crippen LogP contribution >= 0.6 is 0 Å². The smallest absolute Gasteiger partial charge is 0.0596 e. The van der Waals surface area contributed by atoms with E-state index in [2.05, 4.69) is 15.0 Å². The summed E-state index contributed by atoms with van der Waals surface area (Å²) < 4.78 is 0. The Hall–Kier alpha value is -0.610. The molecule has 2 heterocycles. The molecule has 0 radical (unpaired) electrons. The van der Waals surface area contributed by atoms with Crippen molar-refractivity contribution in [2.75, 3.05) is 39.3 Å². The van der Waals surface area contributed by atoms with Crippen molar-refractivity contribution in [3.05, 3.63) is 0 Å². The summed E-state index contributed by atoms with van der Waals surface area (Å²) in [6.45, 7) is 7.10. The molecule has 2 rings (SSSR count). The lowest BCUT2D eigenvalue weighted by atomic mass is 10.1. The summed E-state index contributed by atoms with van der Waals surface area (Å²) in [6, 6.07) is 0. The van der Waals surface area contributed by atoms with E-state index in [0.717, 1.165) is 31.6 Å². The van der Waals surface area contributed by atoms with Gasteiger partial charge in [-0.3, -0.25) is 0 Å². The summed E-state index contributed by atoms with van der Waals surface area (Å²) in [4.78, 5) is 5.03. The van der Waals surface area contributed by atoms with Gasteiger partial charge in [-0.05, 0) is 25.9 Å². The molecule has 86 valence electrons. The van der Waals surface area contributed by atoms with Crippen LogP contribution in [0.1, 0.15) is 25.7 Å². The highest BCUT2D eigenvalue weighted by Crippen LogP contribution is 2.09. The van der Waals surface area contributed by atoms with Crippen molar-refractivity contribution in [3.8, 4) is 0 Å². The fourth-order valence-electron chi connectivity index (χ4n) is 2.42. The summed E-state index contributed by atoms with van der Waals surface area (Å²) >= 11 is 0. The molecule has 2 aliphatic rings. The van der Waals surface area contributed by atoms with E-state index in [-0.39, 0.29) is 0 Å². The number of piperidine rings is 1. The minimum Gasteiger partial charge on any atom is -0.411 e. The molecule has 0 aromatic carbocycles. The normalized spacial score (nSPS) is 24.7. The minimum absolute atomic E-state index is 0.941. The average molecular weight is 211 g/mol. The van der Waals surface area contributed by atoms with Gasteiger partial charge in [0.25, 0.3) is 0 Å². The van der Waals surface area contributed by atoms with Crippen LogP contribution in [0.15, 0.2) is 5.16 Å². The predicted molar refractivity (Wildman–Crippen MR) is 60.6 cm³/mol. The van der Waals surface area contributed by atoms with Gasteiger partial charge in [-0.1, -0.05) is 5.16 Å². The van der Waals surface area contributed by atoms with Crippen LogP contribution in [0.2, 0.25) is 0 Å². The first-order valence-corrected chi connectivity index (χ1v) is 6.03. The maximum atomic E-state index is 8.64. The highest BCUT2D eigenvalue weighted by molar-refractivity contribution is 5.84. The number of hydrogen-bond donors (Lipinski definition) is 1. The van der Waals surface area contributed by atoms with Crippen LogP contribution in [-0.4, -0.2) is 60.0 Å². The van der Waals surface area contributed by atoms with Crippen LogP contribution in [0.5, 0.6) is 0 Å². The molecule has 2 aliphatic heterocycles. The van der Waals surface area contributed by atoms with Gasteiger partial charge in [0.2, 0.25) is 0 Å². The van der Waals surface area contributed by atoms with Gasteiger partial charge in [-0.15, -0.1) is 0 Å². The van der Waals surface area contributed by atoms with Crippen molar-refractivity contribution in [1.82, 2.24) is 9.80 Å². The second-order valence-electron chi connectivity index (χ2n) is 4.56. The van der Waals surface area contributed by atoms with Gasteiger partial charge >= 0.3 is 0 Å². The predicted octanol–water partition coefficient (Wildman–Crippen LogP) is 1.01. The second-order valence-corrected chi connectivity index (χ2v) is 4.56. The van der Waals surface area contributed by atoms with Crippen molar-refractivity contribution >= 4 is 5.71 Å². The van der Waals surface area contributed by atoms with Gasteiger partial charge in [-0.25, -0.2) is 0 Å². The Morgan fingerprint density at radius 2 is 1.47 bits per heavy atom. The minimum atomic E-state index is 0.941. The van der Waals surface area contributed by atoms with E-state index in [9.17, 15) is 0 Å². The van der Waals surface area contributed by atoms with Crippen LogP contribution in [-0.2, 0) is 0 Å². The van der Waals surface area contributed by atoms with E-state index in [1.54, 1.807) is 0 Å². The molecule has 0 aromatic heterocycles. The Labute approximate surface area is 91.5 Å². The highest BCUT2D eigenvalue weighted by atomic mass is 16.4. The van der Waals surface area contributed by atoms with E-state index in [1.165, 1.54) is 39.0 Å². The van der Waals surface area contributed by atoms with Crippen LogP contribution in [0.3, 0.4) is 0 Å². The van der Waals surface area contributed by atoms with Crippen molar-refractivity contribution in [2.24, 2.45) is 5.16 Å². The monoisotopic (exact) mass is 211 g/mol. The van der Waals surface area contributed by atoms with Crippen LogP contribution in [0, 0.1) is 0 Å². The zero-order valence-corrected chi connectivity index (χ0v) is 9.36. The third-order valence-electron chi connectivity index (χ3n) is 3.51. The first-order chi connectivity index (χ1) is 7.38. The van der Waals surface area contributed by atoms with Crippen LogP contribution < -0.4 is 0 Å². The molecule has 0 spiro atoms. The molecule has 1 N–H and O–H groups in total. The first-order valence-electron chi connectivity index (χ1n) is 6.03. The zero-order chi connectivity index (χ0) is 10.5. The van der Waals surface area contributed by atoms with Gasteiger partial charge < -0.3 is 15.0 Å². The maximum absolute atomic E-state index is 8.64. The first kappa shape index (κ1) is 10.9. The van der Waals surface area contributed by atoms with Crippen LogP contribution in [0.4, 0.5) is 0 Å². The summed E-state index contributed by atoms with van der Waals surface area (Å²) in [5.41, 5.74) is 0.965. The molecular formula is C11H21N3O. The standard InChI is InChI=1S/C11H21N3O/c15-12-11-3-7-14(8-4-11)10-9-13-5-1-2-6-13/h15H,1-10H2. The molecule has 0 aliphatic carbocycles. The lowest BCUT2D eigenvalue weighted by Gasteiger charge is -2.28. The topological polar surface area (TPSA) is 39.1 Å². The van der Waals surface area contributed by atoms with Crippen molar-refractivity contribution < 1.29 is 5.21 Å². The molecule has 4 heteroatoms. The van der Waals surface area contributed by atoms with Crippen molar-refractivity contribution in [2.45, 2.75) is 25.7 Å². The third-order valence-corrected chi connectivity index (χ3v) is 3.51. The Bertz CT molecular complexity index is 214. The maximum Gasteiger partial charge on any atom is 0.0596 e. The number of hydrogen-bond acceptors (Lipinski definition) is 4. The van der Waals surface area contributed by atoms with E-state index < -0.39 is 0 Å². The Kier molecular flexibility index (Phi) is 3.97. The van der Waals surface area contributed by atoms with E-state index in [1.807, 2.05) is 0 Å². The molecule has 0 atom stereocenters. The molecule has 4 nitrogen and oxygen atoms in total. The van der Waals surface area contributed by atoms with Gasteiger partial charge in [0.05, 0.1) is 5.71 Å². The average Bonchev–Trinajstić information content (AvgIpc) is 2.80. The summed E-state index contributed by atoms with van der Waals surface area (Å²) in [7, 11) is 0. The quantitative estimate of drug-likeness (QED) is 0.559. The number of oxime groups is 1. The molecular weight excluding hydrogens is 190 g/mol. The fraction of sp³-hybridized carbons (Fsp3) is 0.909. The Morgan fingerprint density at radius 1 is 0.933 bits per heavy atom. The van der Waals surface area contributed by atoms with Crippen molar-refractivity contribution in [1.29, 1.82) is 0 Å². The second kappa shape index (κ2) is 5.47. The number of likely N-dealkylation sites (tertiary alicyclic amines) is 2. The lowest BCUT2D eigenvalue weighted by molar-refractivity contribution is 0.221. The van der Waals surface area contributed by atoms with E-state index in [4.69, 9.17) is 5.21 Å². The Morgan fingerprint density at radius 3 is 2.00 bits per heavy atom. The number of rotatable bonds is 3. The van der Waals surface area contributed by atoms with E-state index in [0.29, 0.717) is 0 Å². The van der Waals surface area contributed by atoms with Crippen molar-refractivity contribution in [3.63, 3.8) is 0 Å². The summed E-state index contributed by atoms with van der Waals surface area (Å²) in [5.74, 6) is 0. The lowest BCUT2D eigenvalue weighted by Crippen LogP contribution is -2.39. The van der Waals surface area contributed by atoms with E-state index >= 15 is 0 Å². The van der Waals surface area contributed by atoms with Gasteiger partial charge in [0, 0.05) is 39.0 Å². The van der Waals surface area contributed by atoms with Crippen LogP contribution in [0.25, 0.3) is 0 Å². The van der Waals surface area contributed by atoms with Gasteiger partial charge in [0.15, 0.2) is 0 Å². The fourth-order valence-corrected chi connectivity index (χ4v) is 2.42. The molecule has 0 amide bonds. The number of nitrogens with zero attached hydrogens (tertiary/aromatic N) is 3. The molecule has 0 aromatic rings. The highest BCUT2D eigenvalue weighted by Gasteiger charge is 2.17. The Balaban J connectivity index is 1.63. The van der Waals surface area contributed by atoms with Gasteiger partial charge in [0.1, 0.15) is 0 Å². The largest absolute Gasteiger partial charge is 0.411 e. The summed E-state index contributed by atoms with van der Waals surface area (Å²) in [5, 5.41) is 11.9. The molecule has 2 saturated heterocycles. The SMILES string of the molecule is ON=C1CCN(CCN2CCCC2)CC1. The molecule has 2 fully saturated rings. The summed E-state index contributed by atoms with van der Waals surface area (Å²) in [6.07, 6.45) is 4.63. The molecule has 0 unspecified atom stereocenters. The van der Waals surface area contributed by atoms with Gasteiger partial charge in [-0.2, -0.15) is 0 Å². The molecule has 0 bridgehead atoms.